The molecule has 4 nitrogen and oxygen atoms in total. The number of halogens is 2. The van der Waals surface area contributed by atoms with Gasteiger partial charge in [-0.05, 0) is 31.4 Å². The number of nitrogens with zero attached hydrogens (tertiary/aromatic N) is 2. The van der Waals surface area contributed by atoms with Crippen LogP contribution in [0, 0.1) is 11.6 Å². The molecule has 1 aromatic heterocycles. The number of aryl methyl sites for hydroxylation is 1. The predicted molar refractivity (Wildman–Crippen MR) is 79.9 cm³/mol. The van der Waals surface area contributed by atoms with Gasteiger partial charge < -0.3 is 9.42 Å². The van der Waals surface area contributed by atoms with Gasteiger partial charge in [-0.3, -0.25) is 4.79 Å². The highest BCUT2D eigenvalue weighted by molar-refractivity contribution is 5.95. The first kappa shape index (κ1) is 15.6. The Labute approximate surface area is 133 Å². The molecule has 0 N–H and O–H groups in total. The van der Waals surface area contributed by atoms with Gasteiger partial charge in [0.1, 0.15) is 28.7 Å². The average molecular weight is 320 g/mol. The van der Waals surface area contributed by atoms with Gasteiger partial charge in [0.15, 0.2) is 0 Å². The van der Waals surface area contributed by atoms with Crippen molar-refractivity contribution in [1.82, 2.24) is 10.1 Å². The highest BCUT2D eigenvalue weighted by Gasteiger charge is 2.34. The fraction of sp³-hybridized carbons (Fsp3) is 0.412. The first-order valence-electron chi connectivity index (χ1n) is 7.82. The number of hydrogen-bond acceptors (Lipinski definition) is 3. The molecule has 0 unspecified atom stereocenters. The summed E-state index contributed by atoms with van der Waals surface area (Å²) < 4.78 is 33.0. The molecule has 0 spiro atoms. The van der Waals surface area contributed by atoms with Crippen molar-refractivity contribution in [1.29, 1.82) is 0 Å². The van der Waals surface area contributed by atoms with Crippen LogP contribution in [0.15, 0.2) is 28.8 Å². The van der Waals surface area contributed by atoms with Crippen LogP contribution in [0.1, 0.15) is 54.0 Å². The van der Waals surface area contributed by atoms with Crippen LogP contribution < -0.4 is 0 Å². The minimum Gasteiger partial charge on any atom is -0.361 e. The first-order chi connectivity index (χ1) is 11.1. The van der Waals surface area contributed by atoms with Crippen molar-refractivity contribution >= 4 is 5.91 Å². The second kappa shape index (κ2) is 6.48. The van der Waals surface area contributed by atoms with Gasteiger partial charge in [-0.2, -0.15) is 0 Å². The summed E-state index contributed by atoms with van der Waals surface area (Å²) >= 11 is 0. The molecule has 6 heteroatoms. The van der Waals surface area contributed by atoms with Crippen molar-refractivity contribution in [2.75, 3.05) is 6.54 Å². The molecule has 0 radical (unpaired) electrons. The van der Waals surface area contributed by atoms with Crippen LogP contribution in [0.3, 0.4) is 0 Å². The van der Waals surface area contributed by atoms with E-state index >= 15 is 0 Å². The Morgan fingerprint density at radius 2 is 2.13 bits per heavy atom. The summed E-state index contributed by atoms with van der Waals surface area (Å²) in [5.41, 5.74) is 0.146. The molecular formula is C17H18F2N2O2. The lowest BCUT2D eigenvalue weighted by atomic mass is 10.1. The second-order valence-electron chi connectivity index (χ2n) is 5.72. The highest BCUT2D eigenvalue weighted by Crippen LogP contribution is 2.33. The number of benzene rings is 1. The first-order valence-corrected chi connectivity index (χ1v) is 7.82. The SMILES string of the molecule is CCCc1cc([C@H]2CCCN2C(=O)c2c(F)cccc2F)no1. The second-order valence-corrected chi connectivity index (χ2v) is 5.72. The molecule has 122 valence electrons. The zero-order valence-electron chi connectivity index (χ0n) is 12.9. The van der Waals surface area contributed by atoms with E-state index in [4.69, 9.17) is 4.52 Å². The van der Waals surface area contributed by atoms with E-state index in [1.54, 1.807) is 0 Å². The Bertz CT molecular complexity index is 694. The van der Waals surface area contributed by atoms with Crippen molar-refractivity contribution in [2.45, 2.75) is 38.6 Å². The smallest absolute Gasteiger partial charge is 0.260 e. The third kappa shape index (κ3) is 2.98. The van der Waals surface area contributed by atoms with Crippen molar-refractivity contribution in [3.8, 4) is 0 Å². The van der Waals surface area contributed by atoms with Crippen molar-refractivity contribution in [3.05, 3.63) is 52.9 Å². The van der Waals surface area contributed by atoms with Crippen LogP contribution >= 0.6 is 0 Å². The van der Waals surface area contributed by atoms with E-state index in [2.05, 4.69) is 5.16 Å². The maximum atomic E-state index is 13.9. The van der Waals surface area contributed by atoms with Gasteiger partial charge in [-0.15, -0.1) is 0 Å². The average Bonchev–Trinajstić information content (AvgIpc) is 3.15. The van der Waals surface area contributed by atoms with Crippen LogP contribution in [0.5, 0.6) is 0 Å². The number of likely N-dealkylation sites (tertiary alicyclic amines) is 1. The van der Waals surface area contributed by atoms with Crippen LogP contribution in [0.25, 0.3) is 0 Å². The van der Waals surface area contributed by atoms with Crippen molar-refractivity contribution in [3.63, 3.8) is 0 Å². The minimum atomic E-state index is -0.840. The molecule has 0 saturated carbocycles. The van der Waals surface area contributed by atoms with Crippen LogP contribution in [0.2, 0.25) is 0 Å². The van der Waals surface area contributed by atoms with E-state index in [-0.39, 0.29) is 6.04 Å². The van der Waals surface area contributed by atoms with Gasteiger partial charge in [-0.1, -0.05) is 18.1 Å². The van der Waals surface area contributed by atoms with E-state index in [1.807, 2.05) is 13.0 Å². The number of carbonyl (C=O) groups excluding carboxylic acids is 1. The fourth-order valence-corrected chi connectivity index (χ4v) is 3.01. The number of carbonyl (C=O) groups is 1. The predicted octanol–water partition coefficient (Wildman–Crippen LogP) is 3.88. The maximum Gasteiger partial charge on any atom is 0.260 e. The number of amides is 1. The molecule has 2 aromatic rings. The molecule has 1 amide bonds. The number of hydrogen-bond donors (Lipinski definition) is 0. The molecule has 3 rings (SSSR count). The Morgan fingerprint density at radius 1 is 1.39 bits per heavy atom. The molecule has 1 saturated heterocycles. The molecule has 1 aromatic carbocycles. The Hall–Kier alpha value is -2.24. The topological polar surface area (TPSA) is 46.3 Å². The monoisotopic (exact) mass is 320 g/mol. The zero-order chi connectivity index (χ0) is 16.4. The quantitative estimate of drug-likeness (QED) is 0.859. The van der Waals surface area contributed by atoms with E-state index in [1.165, 1.54) is 11.0 Å². The van der Waals surface area contributed by atoms with E-state index in [9.17, 15) is 13.6 Å². The van der Waals surface area contributed by atoms with E-state index < -0.39 is 23.1 Å². The van der Waals surface area contributed by atoms with Crippen LogP contribution in [0.4, 0.5) is 8.78 Å². The lowest BCUT2D eigenvalue weighted by molar-refractivity contribution is 0.0721. The summed E-state index contributed by atoms with van der Waals surface area (Å²) in [6.07, 6.45) is 3.18. The number of rotatable bonds is 4. The molecule has 1 aliphatic heterocycles. The molecule has 2 heterocycles. The van der Waals surface area contributed by atoms with Gasteiger partial charge in [-0.25, -0.2) is 8.78 Å². The third-order valence-corrected chi connectivity index (χ3v) is 4.11. The number of aromatic nitrogens is 1. The molecule has 0 bridgehead atoms. The summed E-state index contributed by atoms with van der Waals surface area (Å²) in [5, 5.41) is 4.03. The van der Waals surface area contributed by atoms with Crippen LogP contribution in [-0.4, -0.2) is 22.5 Å². The molecule has 0 aliphatic carbocycles. The largest absolute Gasteiger partial charge is 0.361 e. The Kier molecular flexibility index (Phi) is 4.41. The van der Waals surface area contributed by atoms with Gasteiger partial charge in [0.25, 0.3) is 5.91 Å². The van der Waals surface area contributed by atoms with E-state index in [0.29, 0.717) is 18.7 Å². The molecule has 1 atom stereocenters. The summed E-state index contributed by atoms with van der Waals surface area (Å²) in [6.45, 7) is 2.49. The van der Waals surface area contributed by atoms with Crippen LogP contribution in [-0.2, 0) is 6.42 Å². The summed E-state index contributed by atoms with van der Waals surface area (Å²) in [7, 11) is 0. The third-order valence-electron chi connectivity index (χ3n) is 4.11. The molecule has 1 fully saturated rings. The lowest BCUT2D eigenvalue weighted by Gasteiger charge is -2.23. The summed E-state index contributed by atoms with van der Waals surface area (Å²) in [4.78, 5) is 14.1. The highest BCUT2D eigenvalue weighted by atomic mass is 19.1. The Morgan fingerprint density at radius 3 is 2.83 bits per heavy atom. The zero-order valence-corrected chi connectivity index (χ0v) is 12.9. The van der Waals surface area contributed by atoms with Gasteiger partial charge in [0.2, 0.25) is 0 Å². The van der Waals surface area contributed by atoms with Gasteiger partial charge >= 0.3 is 0 Å². The fourth-order valence-electron chi connectivity index (χ4n) is 3.01. The maximum absolute atomic E-state index is 13.9. The molecular weight excluding hydrogens is 302 g/mol. The summed E-state index contributed by atoms with van der Waals surface area (Å²) in [6, 6.07) is 4.97. The van der Waals surface area contributed by atoms with Gasteiger partial charge in [0.05, 0.1) is 6.04 Å². The van der Waals surface area contributed by atoms with E-state index in [0.717, 1.165) is 37.2 Å². The molecule has 23 heavy (non-hydrogen) atoms. The Balaban J connectivity index is 1.87. The standard InChI is InChI=1S/C17H18F2N2O2/c1-2-5-11-10-14(20-23-11)15-8-4-9-21(15)17(22)16-12(18)6-3-7-13(16)19/h3,6-7,10,15H,2,4-5,8-9H2,1H3/t15-/m1/s1. The molecule has 1 aliphatic rings. The van der Waals surface area contributed by atoms with Crippen molar-refractivity contribution < 1.29 is 18.1 Å². The normalized spacial score (nSPS) is 17.7. The minimum absolute atomic E-state index is 0.295. The summed E-state index contributed by atoms with van der Waals surface area (Å²) in [5.74, 6) is -1.55. The van der Waals surface area contributed by atoms with Crippen molar-refractivity contribution in [2.24, 2.45) is 0 Å². The van der Waals surface area contributed by atoms with Gasteiger partial charge in [0, 0.05) is 19.0 Å². The lowest BCUT2D eigenvalue weighted by Crippen LogP contribution is -2.32.